The standard InChI is InChI=1S/C19H24F3N3O3S/c1-3-7-24-8-10-25(11-9-24)29(26,27)17-12-15(6-5-14(17)4-2)16-13-18(28-23-16)19(20,21)22/h5-6,12-13H,3-4,7-11H2,1-2H3. The van der Waals surface area contributed by atoms with Gasteiger partial charge in [-0.3, -0.25) is 0 Å². The SMILES string of the molecule is CCCN1CCN(S(=O)(=O)c2cc(-c3cc(C(F)(F)F)on3)ccc2CC)CC1. The fourth-order valence-corrected chi connectivity index (χ4v) is 5.18. The number of halogens is 3. The van der Waals surface area contributed by atoms with Crippen LogP contribution in [0.15, 0.2) is 33.7 Å². The number of rotatable bonds is 6. The van der Waals surface area contributed by atoms with Crippen LogP contribution in [0.2, 0.25) is 0 Å². The van der Waals surface area contributed by atoms with Gasteiger partial charge in [0, 0.05) is 37.8 Å². The third-order valence-electron chi connectivity index (χ3n) is 5.02. The van der Waals surface area contributed by atoms with Crippen molar-refractivity contribution in [3.63, 3.8) is 0 Å². The summed E-state index contributed by atoms with van der Waals surface area (Å²) in [6, 6.07) is 5.36. The highest BCUT2D eigenvalue weighted by atomic mass is 32.2. The van der Waals surface area contributed by atoms with Crippen LogP contribution in [0.5, 0.6) is 0 Å². The Morgan fingerprint density at radius 2 is 1.79 bits per heavy atom. The molecule has 1 aromatic carbocycles. The highest BCUT2D eigenvalue weighted by molar-refractivity contribution is 7.89. The smallest absolute Gasteiger partial charge is 0.351 e. The summed E-state index contributed by atoms with van der Waals surface area (Å²) in [6.45, 7) is 6.94. The van der Waals surface area contributed by atoms with Crippen molar-refractivity contribution >= 4 is 10.0 Å². The van der Waals surface area contributed by atoms with Gasteiger partial charge < -0.3 is 9.42 Å². The van der Waals surface area contributed by atoms with Crippen molar-refractivity contribution in [1.82, 2.24) is 14.4 Å². The maximum Gasteiger partial charge on any atom is 0.452 e. The largest absolute Gasteiger partial charge is 0.452 e. The quantitative estimate of drug-likeness (QED) is 0.699. The van der Waals surface area contributed by atoms with Gasteiger partial charge in [0.05, 0.1) is 4.90 Å². The fraction of sp³-hybridized carbons (Fsp3) is 0.526. The lowest BCUT2D eigenvalue weighted by Crippen LogP contribution is -2.48. The zero-order chi connectivity index (χ0) is 21.2. The second-order valence-corrected chi connectivity index (χ2v) is 8.90. The van der Waals surface area contributed by atoms with Gasteiger partial charge in [-0.1, -0.05) is 31.1 Å². The molecule has 1 aromatic heterocycles. The Morgan fingerprint density at radius 1 is 1.10 bits per heavy atom. The molecule has 1 aliphatic rings. The summed E-state index contributed by atoms with van der Waals surface area (Å²) in [6.07, 6.45) is -3.16. The van der Waals surface area contributed by atoms with E-state index >= 15 is 0 Å². The summed E-state index contributed by atoms with van der Waals surface area (Å²) in [4.78, 5) is 2.33. The minimum Gasteiger partial charge on any atom is -0.351 e. The molecule has 0 bridgehead atoms. The van der Waals surface area contributed by atoms with Crippen molar-refractivity contribution in [2.75, 3.05) is 32.7 Å². The van der Waals surface area contributed by atoms with E-state index in [1.807, 2.05) is 6.92 Å². The molecule has 3 rings (SSSR count). The average molecular weight is 431 g/mol. The molecule has 160 valence electrons. The van der Waals surface area contributed by atoms with Crippen molar-refractivity contribution in [2.24, 2.45) is 0 Å². The van der Waals surface area contributed by atoms with E-state index in [0.29, 0.717) is 38.2 Å². The number of alkyl halides is 3. The average Bonchev–Trinajstić information content (AvgIpc) is 3.19. The Hall–Kier alpha value is -1.91. The number of hydrogen-bond donors (Lipinski definition) is 0. The molecular weight excluding hydrogens is 407 g/mol. The molecule has 10 heteroatoms. The van der Waals surface area contributed by atoms with Crippen molar-refractivity contribution < 1.29 is 26.1 Å². The lowest BCUT2D eigenvalue weighted by atomic mass is 10.1. The van der Waals surface area contributed by atoms with Gasteiger partial charge in [-0.25, -0.2) is 8.42 Å². The first-order valence-corrected chi connectivity index (χ1v) is 11.0. The Morgan fingerprint density at radius 3 is 2.34 bits per heavy atom. The molecule has 0 unspecified atom stereocenters. The van der Waals surface area contributed by atoms with E-state index in [-0.39, 0.29) is 16.2 Å². The number of nitrogens with zero attached hydrogens (tertiary/aromatic N) is 3. The maximum absolute atomic E-state index is 13.3. The second-order valence-electron chi connectivity index (χ2n) is 7.00. The molecule has 0 radical (unpaired) electrons. The van der Waals surface area contributed by atoms with E-state index in [0.717, 1.165) is 19.0 Å². The topological polar surface area (TPSA) is 66.7 Å². The molecule has 1 fully saturated rings. The Labute approximate surface area is 168 Å². The highest BCUT2D eigenvalue weighted by Gasteiger charge is 2.36. The predicted octanol–water partition coefficient (Wildman–Crippen LogP) is 3.64. The number of aryl methyl sites for hydroxylation is 1. The number of aromatic nitrogens is 1. The molecule has 29 heavy (non-hydrogen) atoms. The summed E-state index contributed by atoms with van der Waals surface area (Å²) in [7, 11) is -3.77. The van der Waals surface area contributed by atoms with Crippen molar-refractivity contribution in [3.05, 3.63) is 35.6 Å². The van der Waals surface area contributed by atoms with Crippen LogP contribution in [-0.2, 0) is 22.6 Å². The van der Waals surface area contributed by atoms with Crippen LogP contribution < -0.4 is 0 Å². The number of hydrogen-bond acceptors (Lipinski definition) is 5. The van der Waals surface area contributed by atoms with Gasteiger partial charge in [-0.15, -0.1) is 0 Å². The van der Waals surface area contributed by atoms with Crippen molar-refractivity contribution in [2.45, 2.75) is 37.8 Å². The zero-order valence-corrected chi connectivity index (χ0v) is 17.2. The van der Waals surface area contributed by atoms with Gasteiger partial charge >= 0.3 is 6.18 Å². The van der Waals surface area contributed by atoms with Gasteiger partial charge in [-0.2, -0.15) is 17.5 Å². The van der Waals surface area contributed by atoms with E-state index < -0.39 is 22.0 Å². The Bertz CT molecular complexity index is 949. The molecule has 0 aliphatic carbocycles. The van der Waals surface area contributed by atoms with Crippen molar-refractivity contribution in [3.8, 4) is 11.3 Å². The summed E-state index contributed by atoms with van der Waals surface area (Å²) < 4.78 is 70.7. The molecule has 2 aromatic rings. The number of sulfonamides is 1. The normalized spacial score (nSPS) is 17.0. The van der Waals surface area contributed by atoms with E-state index in [1.165, 1.54) is 10.4 Å². The van der Waals surface area contributed by atoms with E-state index in [4.69, 9.17) is 0 Å². The Balaban J connectivity index is 1.92. The first kappa shape index (κ1) is 21.8. The molecule has 1 saturated heterocycles. The molecule has 2 heterocycles. The van der Waals surface area contributed by atoms with Crippen LogP contribution in [0.4, 0.5) is 13.2 Å². The second kappa shape index (κ2) is 8.45. The monoisotopic (exact) mass is 431 g/mol. The number of piperazine rings is 1. The molecular formula is C19H24F3N3O3S. The predicted molar refractivity (Wildman–Crippen MR) is 102 cm³/mol. The molecule has 0 saturated carbocycles. The minimum atomic E-state index is -4.65. The number of benzene rings is 1. The summed E-state index contributed by atoms with van der Waals surface area (Å²) >= 11 is 0. The summed E-state index contributed by atoms with van der Waals surface area (Å²) in [5.74, 6) is -1.22. The Kier molecular flexibility index (Phi) is 6.35. The van der Waals surface area contributed by atoms with E-state index in [9.17, 15) is 21.6 Å². The van der Waals surface area contributed by atoms with Gasteiger partial charge in [0.1, 0.15) is 5.69 Å². The third kappa shape index (κ3) is 4.65. The van der Waals surface area contributed by atoms with Crippen LogP contribution in [0, 0.1) is 0 Å². The van der Waals surface area contributed by atoms with Crippen LogP contribution in [0.25, 0.3) is 11.3 Å². The van der Waals surface area contributed by atoms with Gasteiger partial charge in [-0.05, 0) is 31.0 Å². The molecule has 0 amide bonds. The molecule has 0 N–H and O–H groups in total. The molecule has 0 spiro atoms. The van der Waals surface area contributed by atoms with Gasteiger partial charge in [0.25, 0.3) is 0 Å². The molecule has 0 atom stereocenters. The zero-order valence-electron chi connectivity index (χ0n) is 16.4. The van der Waals surface area contributed by atoms with Crippen LogP contribution in [0.1, 0.15) is 31.6 Å². The van der Waals surface area contributed by atoms with Crippen molar-refractivity contribution in [1.29, 1.82) is 0 Å². The van der Waals surface area contributed by atoms with Crippen LogP contribution in [-0.4, -0.2) is 55.5 Å². The third-order valence-corrected chi connectivity index (χ3v) is 7.00. The first-order chi connectivity index (χ1) is 13.7. The molecule has 6 nitrogen and oxygen atoms in total. The van der Waals surface area contributed by atoms with Gasteiger partial charge in [0.2, 0.25) is 15.8 Å². The minimum absolute atomic E-state index is 0.0517. The van der Waals surface area contributed by atoms with Gasteiger partial charge in [0.15, 0.2) is 0 Å². The molecule has 1 aliphatic heterocycles. The lowest BCUT2D eigenvalue weighted by molar-refractivity contribution is -0.155. The van der Waals surface area contributed by atoms with E-state index in [2.05, 4.69) is 21.5 Å². The highest BCUT2D eigenvalue weighted by Crippen LogP contribution is 2.33. The van der Waals surface area contributed by atoms with Crippen LogP contribution >= 0.6 is 0 Å². The first-order valence-electron chi connectivity index (χ1n) is 9.56. The maximum atomic E-state index is 13.3. The van der Waals surface area contributed by atoms with E-state index in [1.54, 1.807) is 12.1 Å². The fourth-order valence-electron chi connectivity index (χ4n) is 3.44. The summed E-state index contributed by atoms with van der Waals surface area (Å²) in [5.41, 5.74) is 0.832. The van der Waals surface area contributed by atoms with Crippen LogP contribution in [0.3, 0.4) is 0 Å². The summed E-state index contributed by atoms with van der Waals surface area (Å²) in [5, 5.41) is 3.46. The lowest BCUT2D eigenvalue weighted by Gasteiger charge is -2.34.